The lowest BCUT2D eigenvalue weighted by atomic mass is 9.87. The maximum atomic E-state index is 5.16. The van der Waals surface area contributed by atoms with E-state index in [4.69, 9.17) is 4.99 Å². The number of fused-ring (bicyclic) bond motifs is 3. The lowest BCUT2D eigenvalue weighted by molar-refractivity contribution is 0.879. The Morgan fingerprint density at radius 1 is 0.541 bits per heavy atom. The van der Waals surface area contributed by atoms with Gasteiger partial charge >= 0.3 is 0 Å². The Morgan fingerprint density at radius 3 is 1.76 bits per heavy atom. The highest BCUT2D eigenvalue weighted by Gasteiger charge is 2.21. The van der Waals surface area contributed by atoms with E-state index in [0.717, 1.165) is 29.1 Å². The molecule has 176 valence electrons. The molecule has 0 spiro atoms. The molecule has 1 atom stereocenters. The van der Waals surface area contributed by atoms with Crippen molar-refractivity contribution in [1.82, 2.24) is 4.57 Å². The van der Waals surface area contributed by atoms with Crippen LogP contribution in [0.2, 0.25) is 0 Å². The van der Waals surface area contributed by atoms with Crippen LogP contribution in [-0.4, -0.2) is 10.3 Å². The molecule has 2 heteroatoms. The van der Waals surface area contributed by atoms with Crippen LogP contribution in [0.15, 0.2) is 145 Å². The van der Waals surface area contributed by atoms with E-state index >= 15 is 0 Å². The van der Waals surface area contributed by atoms with Crippen LogP contribution in [0.5, 0.6) is 0 Å². The molecule has 0 saturated carbocycles. The highest BCUT2D eigenvalue weighted by atomic mass is 15.0. The number of benzene rings is 5. The third-order valence-corrected chi connectivity index (χ3v) is 7.36. The van der Waals surface area contributed by atoms with E-state index in [1.807, 2.05) is 0 Å². The predicted molar refractivity (Wildman–Crippen MR) is 156 cm³/mol. The van der Waals surface area contributed by atoms with Gasteiger partial charge in [0.2, 0.25) is 0 Å². The molecule has 5 aromatic carbocycles. The highest BCUT2D eigenvalue weighted by molar-refractivity contribution is 6.09. The summed E-state index contributed by atoms with van der Waals surface area (Å²) in [6, 6.07) is 47.5. The zero-order chi connectivity index (χ0) is 24.6. The Labute approximate surface area is 216 Å². The number of aromatic nitrogens is 1. The third-order valence-electron chi connectivity index (χ3n) is 7.36. The van der Waals surface area contributed by atoms with Gasteiger partial charge in [0, 0.05) is 34.5 Å². The normalized spacial score (nSPS) is 15.5. The predicted octanol–water partition coefficient (Wildman–Crippen LogP) is 8.80. The summed E-state index contributed by atoms with van der Waals surface area (Å²) in [5.74, 6) is 0.293. The van der Waals surface area contributed by atoms with Crippen molar-refractivity contribution < 1.29 is 0 Å². The molecule has 0 bridgehead atoms. The minimum atomic E-state index is 0.293. The second kappa shape index (κ2) is 9.07. The summed E-state index contributed by atoms with van der Waals surface area (Å²) >= 11 is 0. The Hall–Kier alpha value is -4.69. The van der Waals surface area contributed by atoms with Gasteiger partial charge < -0.3 is 4.57 Å². The molecule has 6 aromatic rings. The topological polar surface area (TPSA) is 17.3 Å². The molecule has 1 aliphatic heterocycles. The Kier molecular flexibility index (Phi) is 5.29. The number of allylic oxidation sites excluding steroid dienone is 1. The number of nitrogens with zero attached hydrogens (tertiary/aromatic N) is 2. The molecule has 1 aromatic heterocycles. The van der Waals surface area contributed by atoms with E-state index in [1.165, 1.54) is 32.9 Å². The van der Waals surface area contributed by atoms with Crippen LogP contribution in [-0.2, 0) is 0 Å². The van der Waals surface area contributed by atoms with E-state index in [0.29, 0.717) is 5.92 Å². The van der Waals surface area contributed by atoms with Crippen LogP contribution in [0, 0.1) is 0 Å². The average molecular weight is 475 g/mol. The second-order valence-electron chi connectivity index (χ2n) is 9.61. The number of rotatable bonds is 4. The van der Waals surface area contributed by atoms with E-state index in [1.54, 1.807) is 0 Å². The second-order valence-corrected chi connectivity index (χ2v) is 9.61. The van der Waals surface area contributed by atoms with E-state index < -0.39 is 0 Å². The standard InChI is InChI=1S/C35H26N2/c1-3-11-25(12-4-1)28-23-32(26-13-5-2-6-14-26)36-33(24-28)27-19-21-29(22-20-27)37-34-17-9-7-15-30(34)31-16-8-10-18-35(31)37/h1-23,28H,24H2. The van der Waals surface area contributed by atoms with Crippen molar-refractivity contribution in [1.29, 1.82) is 0 Å². The summed E-state index contributed by atoms with van der Waals surface area (Å²) in [5, 5.41) is 2.56. The number of para-hydroxylation sites is 2. The molecular weight excluding hydrogens is 448 g/mol. The van der Waals surface area contributed by atoms with Gasteiger partial charge in [0.1, 0.15) is 0 Å². The van der Waals surface area contributed by atoms with E-state index in [2.05, 4.69) is 144 Å². The summed E-state index contributed by atoms with van der Waals surface area (Å²) in [6.07, 6.45) is 3.20. The highest BCUT2D eigenvalue weighted by Crippen LogP contribution is 2.35. The molecule has 37 heavy (non-hydrogen) atoms. The van der Waals surface area contributed by atoms with Gasteiger partial charge in [-0.15, -0.1) is 0 Å². The molecule has 7 rings (SSSR count). The molecular formula is C35H26N2. The van der Waals surface area contributed by atoms with E-state index in [-0.39, 0.29) is 0 Å². The molecule has 0 radical (unpaired) electrons. The molecule has 2 nitrogen and oxygen atoms in total. The van der Waals surface area contributed by atoms with Crippen molar-refractivity contribution in [3.63, 3.8) is 0 Å². The molecule has 0 N–H and O–H groups in total. The molecule has 1 unspecified atom stereocenters. The lowest BCUT2D eigenvalue weighted by Crippen LogP contribution is -2.12. The zero-order valence-corrected chi connectivity index (χ0v) is 20.5. The summed E-state index contributed by atoms with van der Waals surface area (Å²) in [5.41, 5.74) is 9.44. The smallest absolute Gasteiger partial charge is 0.0671 e. The summed E-state index contributed by atoms with van der Waals surface area (Å²) in [7, 11) is 0. The Bertz CT molecular complexity index is 1720. The van der Waals surface area contributed by atoms with Crippen LogP contribution in [0.4, 0.5) is 0 Å². The van der Waals surface area contributed by atoms with Crippen LogP contribution in [0.1, 0.15) is 29.0 Å². The Morgan fingerprint density at radius 2 is 1.11 bits per heavy atom. The fraction of sp³-hybridized carbons (Fsp3) is 0.0571. The molecule has 0 saturated heterocycles. The van der Waals surface area contributed by atoms with Crippen LogP contribution >= 0.6 is 0 Å². The monoisotopic (exact) mass is 474 g/mol. The summed E-state index contributed by atoms with van der Waals surface area (Å²) in [6.45, 7) is 0. The first-order valence-electron chi connectivity index (χ1n) is 12.8. The van der Waals surface area contributed by atoms with Gasteiger partial charge in [-0.2, -0.15) is 0 Å². The first-order valence-corrected chi connectivity index (χ1v) is 12.8. The maximum Gasteiger partial charge on any atom is 0.0671 e. The Balaban J connectivity index is 1.31. The number of aliphatic imine (C=N–C) groups is 1. The minimum Gasteiger partial charge on any atom is -0.309 e. The van der Waals surface area contributed by atoms with Gasteiger partial charge in [0.15, 0.2) is 0 Å². The fourth-order valence-corrected chi connectivity index (χ4v) is 5.56. The van der Waals surface area contributed by atoms with Crippen LogP contribution < -0.4 is 0 Å². The molecule has 0 amide bonds. The zero-order valence-electron chi connectivity index (χ0n) is 20.5. The first-order chi connectivity index (χ1) is 18.3. The van der Waals surface area contributed by atoms with Crippen LogP contribution in [0.25, 0.3) is 33.2 Å². The van der Waals surface area contributed by atoms with Gasteiger partial charge in [-0.3, -0.25) is 4.99 Å². The maximum absolute atomic E-state index is 5.16. The van der Waals surface area contributed by atoms with Gasteiger partial charge in [0.05, 0.1) is 16.7 Å². The first kappa shape index (κ1) is 21.6. The van der Waals surface area contributed by atoms with Crippen molar-refractivity contribution in [2.24, 2.45) is 4.99 Å². The van der Waals surface area contributed by atoms with Crippen molar-refractivity contribution in [3.8, 4) is 5.69 Å². The molecule has 2 heterocycles. The fourth-order valence-electron chi connectivity index (χ4n) is 5.56. The van der Waals surface area contributed by atoms with Crippen molar-refractivity contribution in [2.45, 2.75) is 12.3 Å². The lowest BCUT2D eigenvalue weighted by Gasteiger charge is -2.22. The van der Waals surface area contributed by atoms with Crippen LogP contribution in [0.3, 0.4) is 0 Å². The number of hydrogen-bond acceptors (Lipinski definition) is 1. The molecule has 0 fully saturated rings. The number of hydrogen-bond donors (Lipinski definition) is 0. The molecule has 1 aliphatic rings. The van der Waals surface area contributed by atoms with Gasteiger partial charge in [-0.05, 0) is 41.0 Å². The summed E-state index contributed by atoms with van der Waals surface area (Å²) in [4.78, 5) is 5.16. The summed E-state index contributed by atoms with van der Waals surface area (Å²) < 4.78 is 2.36. The van der Waals surface area contributed by atoms with Crippen molar-refractivity contribution >= 4 is 33.2 Å². The minimum absolute atomic E-state index is 0.293. The largest absolute Gasteiger partial charge is 0.309 e. The van der Waals surface area contributed by atoms with E-state index in [9.17, 15) is 0 Å². The molecule has 0 aliphatic carbocycles. The van der Waals surface area contributed by atoms with Crippen molar-refractivity contribution in [3.05, 3.63) is 156 Å². The van der Waals surface area contributed by atoms with Gasteiger partial charge in [-0.25, -0.2) is 0 Å². The quantitative estimate of drug-likeness (QED) is 0.243. The van der Waals surface area contributed by atoms with Gasteiger partial charge in [0.25, 0.3) is 0 Å². The van der Waals surface area contributed by atoms with Gasteiger partial charge in [-0.1, -0.05) is 115 Å². The average Bonchev–Trinajstić information content (AvgIpc) is 3.32. The van der Waals surface area contributed by atoms with Crippen molar-refractivity contribution in [2.75, 3.05) is 0 Å². The SMILES string of the molecule is C1=C(c2ccccc2)N=C(c2ccc(-n3c4ccccc4c4ccccc43)cc2)CC1c1ccccc1. The third kappa shape index (κ3) is 3.88.